The quantitative estimate of drug-likeness (QED) is 0.857. The van der Waals surface area contributed by atoms with E-state index in [1.54, 1.807) is 21.0 Å². The first kappa shape index (κ1) is 16.2. The van der Waals surface area contributed by atoms with Gasteiger partial charge < -0.3 is 9.88 Å². The van der Waals surface area contributed by atoms with Crippen LogP contribution < -0.4 is 4.87 Å². The third kappa shape index (κ3) is 3.19. The molecule has 2 heterocycles. The summed E-state index contributed by atoms with van der Waals surface area (Å²) in [5.74, 6) is -0.0907. The smallest absolute Gasteiger partial charge is 0.305 e. The Labute approximate surface area is 127 Å². The third-order valence-electron chi connectivity index (χ3n) is 3.60. The lowest BCUT2D eigenvalue weighted by atomic mass is 9.97. The average Bonchev–Trinajstić information content (AvgIpc) is 2.77. The zero-order valence-corrected chi connectivity index (χ0v) is 13.9. The van der Waals surface area contributed by atoms with Crippen molar-refractivity contribution < 1.29 is 13.2 Å². The van der Waals surface area contributed by atoms with E-state index in [0.29, 0.717) is 43.0 Å². The maximum Gasteiger partial charge on any atom is 0.305 e. The zero-order chi connectivity index (χ0) is 15.8. The lowest BCUT2D eigenvalue weighted by Crippen LogP contribution is -2.42. The molecule has 2 rings (SSSR count). The van der Waals surface area contributed by atoms with Crippen LogP contribution in [0.4, 0.5) is 0 Å². The lowest BCUT2D eigenvalue weighted by molar-refractivity contribution is -0.134. The normalized spacial score (nSPS) is 17.9. The second kappa shape index (κ2) is 5.90. The topological polar surface area (TPSA) is 90.5 Å². The van der Waals surface area contributed by atoms with Crippen LogP contribution in [0.15, 0.2) is 9.00 Å². The highest BCUT2D eigenvalue weighted by Gasteiger charge is 2.34. The molecule has 1 N–H and O–H groups in total. The number of hydrogen-bond donors (Lipinski definition) is 1. The molecule has 21 heavy (non-hydrogen) atoms. The number of hydrogen-bond acceptors (Lipinski definition) is 5. The minimum Gasteiger partial charge on any atom is -0.349 e. The Morgan fingerprint density at radius 2 is 1.90 bits per heavy atom. The van der Waals surface area contributed by atoms with Crippen LogP contribution in [0.3, 0.4) is 0 Å². The van der Waals surface area contributed by atoms with E-state index in [1.165, 1.54) is 9.21 Å². The summed E-state index contributed by atoms with van der Waals surface area (Å²) in [6, 6.07) is 0. The number of thiazole rings is 1. The van der Waals surface area contributed by atoms with Crippen molar-refractivity contribution in [2.24, 2.45) is 5.92 Å². The van der Waals surface area contributed by atoms with Gasteiger partial charge in [0.25, 0.3) is 10.0 Å². The highest BCUT2D eigenvalue weighted by molar-refractivity contribution is 7.91. The van der Waals surface area contributed by atoms with Crippen LogP contribution in [-0.2, 0) is 14.8 Å². The minimum absolute atomic E-state index is 0.0366. The van der Waals surface area contributed by atoms with Gasteiger partial charge >= 0.3 is 4.87 Å². The standard InChI is InChI=1S/C12H19N3O4S2/c1-8-11(20-12(17)13-8)21(18,19)15-6-4-9(5-7-15)10(16)14(2)3/h9H,4-7H2,1-3H3,(H,13,17). The molecule has 118 valence electrons. The Morgan fingerprint density at radius 3 is 2.33 bits per heavy atom. The van der Waals surface area contributed by atoms with E-state index >= 15 is 0 Å². The number of carbonyl (C=O) groups excluding carboxylic acids is 1. The van der Waals surface area contributed by atoms with Gasteiger partial charge in [0.05, 0.1) is 0 Å². The molecule has 0 bridgehead atoms. The minimum atomic E-state index is -3.65. The second-order valence-corrected chi connectivity index (χ2v) is 8.45. The first-order valence-electron chi connectivity index (χ1n) is 6.64. The van der Waals surface area contributed by atoms with Gasteiger partial charge in [-0.3, -0.25) is 9.59 Å². The number of aromatic amines is 1. The Bertz CT molecular complexity index is 682. The van der Waals surface area contributed by atoms with Crippen molar-refractivity contribution in [3.8, 4) is 0 Å². The fraction of sp³-hybridized carbons (Fsp3) is 0.667. The molecule has 0 spiro atoms. The Balaban J connectivity index is 2.13. The summed E-state index contributed by atoms with van der Waals surface area (Å²) in [5, 5.41) is 0. The largest absolute Gasteiger partial charge is 0.349 e. The number of rotatable bonds is 3. The molecular weight excluding hydrogens is 314 g/mol. The molecule has 9 heteroatoms. The van der Waals surface area contributed by atoms with E-state index in [2.05, 4.69) is 4.98 Å². The van der Waals surface area contributed by atoms with Crippen molar-refractivity contribution in [2.45, 2.75) is 24.0 Å². The monoisotopic (exact) mass is 333 g/mol. The van der Waals surface area contributed by atoms with Gasteiger partial charge in [0, 0.05) is 38.8 Å². The number of nitrogens with zero attached hydrogens (tertiary/aromatic N) is 2. The molecule has 1 aliphatic heterocycles. The molecule has 7 nitrogen and oxygen atoms in total. The van der Waals surface area contributed by atoms with E-state index < -0.39 is 10.0 Å². The predicted molar refractivity (Wildman–Crippen MR) is 79.9 cm³/mol. The molecule has 0 aromatic carbocycles. The zero-order valence-electron chi connectivity index (χ0n) is 12.2. The Hall–Kier alpha value is -1.19. The lowest BCUT2D eigenvalue weighted by Gasteiger charge is -2.31. The van der Waals surface area contributed by atoms with Gasteiger partial charge in [0.15, 0.2) is 4.21 Å². The number of H-pyrrole nitrogens is 1. The summed E-state index contributed by atoms with van der Waals surface area (Å²) in [5.41, 5.74) is 0.372. The van der Waals surface area contributed by atoms with E-state index in [9.17, 15) is 18.0 Å². The molecular formula is C12H19N3O4S2. The van der Waals surface area contributed by atoms with Gasteiger partial charge in [-0.05, 0) is 19.8 Å². The van der Waals surface area contributed by atoms with Crippen LogP contribution in [0.2, 0.25) is 0 Å². The molecule has 0 atom stereocenters. The summed E-state index contributed by atoms with van der Waals surface area (Å²) >= 11 is 0.711. The number of carbonyl (C=O) groups is 1. The molecule has 0 saturated carbocycles. The first-order chi connectivity index (χ1) is 9.73. The maximum atomic E-state index is 12.5. The molecule has 1 fully saturated rings. The van der Waals surface area contributed by atoms with Crippen LogP contribution in [-0.4, -0.2) is 55.7 Å². The van der Waals surface area contributed by atoms with E-state index in [0.717, 1.165) is 0 Å². The number of aromatic nitrogens is 1. The van der Waals surface area contributed by atoms with Crippen LogP contribution in [0.1, 0.15) is 18.5 Å². The van der Waals surface area contributed by atoms with E-state index in [4.69, 9.17) is 0 Å². The van der Waals surface area contributed by atoms with Crippen LogP contribution >= 0.6 is 11.3 Å². The van der Waals surface area contributed by atoms with Crippen LogP contribution in [0, 0.1) is 12.8 Å². The van der Waals surface area contributed by atoms with Crippen LogP contribution in [0.25, 0.3) is 0 Å². The van der Waals surface area contributed by atoms with E-state index in [1.807, 2.05) is 0 Å². The first-order valence-corrected chi connectivity index (χ1v) is 8.90. The molecule has 0 aliphatic carbocycles. The van der Waals surface area contributed by atoms with Gasteiger partial charge in [-0.2, -0.15) is 4.31 Å². The Morgan fingerprint density at radius 1 is 1.33 bits per heavy atom. The molecule has 1 saturated heterocycles. The van der Waals surface area contributed by atoms with Crippen molar-refractivity contribution in [3.63, 3.8) is 0 Å². The summed E-state index contributed by atoms with van der Waals surface area (Å²) in [6.45, 7) is 2.18. The summed E-state index contributed by atoms with van der Waals surface area (Å²) in [4.78, 5) is 26.8. The molecule has 1 aromatic heterocycles. The second-order valence-electron chi connectivity index (χ2n) is 5.34. The number of amides is 1. The fourth-order valence-electron chi connectivity index (χ4n) is 2.46. The highest BCUT2D eigenvalue weighted by atomic mass is 32.2. The third-order valence-corrected chi connectivity index (χ3v) is 7.08. The molecule has 1 amide bonds. The van der Waals surface area contributed by atoms with Crippen molar-refractivity contribution in [3.05, 3.63) is 15.4 Å². The van der Waals surface area contributed by atoms with Crippen molar-refractivity contribution in [1.29, 1.82) is 0 Å². The van der Waals surface area contributed by atoms with Gasteiger partial charge in [0.1, 0.15) is 0 Å². The van der Waals surface area contributed by atoms with E-state index in [-0.39, 0.29) is 20.9 Å². The van der Waals surface area contributed by atoms with Gasteiger partial charge in [-0.1, -0.05) is 11.3 Å². The maximum absolute atomic E-state index is 12.5. The number of sulfonamides is 1. The molecule has 0 radical (unpaired) electrons. The summed E-state index contributed by atoms with van der Waals surface area (Å²) in [6.07, 6.45) is 1.02. The number of nitrogens with one attached hydrogen (secondary N) is 1. The van der Waals surface area contributed by atoms with Gasteiger partial charge in [0.2, 0.25) is 5.91 Å². The van der Waals surface area contributed by atoms with Crippen molar-refractivity contribution >= 4 is 27.3 Å². The van der Waals surface area contributed by atoms with Crippen molar-refractivity contribution in [2.75, 3.05) is 27.2 Å². The number of piperidine rings is 1. The number of aryl methyl sites for hydroxylation is 1. The Kier molecular flexibility index (Phi) is 4.54. The highest BCUT2D eigenvalue weighted by Crippen LogP contribution is 2.27. The summed E-state index contributed by atoms with van der Waals surface area (Å²) < 4.78 is 26.5. The van der Waals surface area contributed by atoms with Crippen molar-refractivity contribution in [1.82, 2.24) is 14.2 Å². The van der Waals surface area contributed by atoms with Crippen LogP contribution in [0.5, 0.6) is 0 Å². The summed E-state index contributed by atoms with van der Waals surface area (Å²) in [7, 11) is -0.245. The average molecular weight is 333 g/mol. The fourth-order valence-corrected chi connectivity index (χ4v) is 5.37. The van der Waals surface area contributed by atoms with Gasteiger partial charge in [-0.25, -0.2) is 8.42 Å². The van der Waals surface area contributed by atoms with Gasteiger partial charge in [-0.15, -0.1) is 0 Å². The molecule has 0 unspecified atom stereocenters. The molecule has 1 aromatic rings. The molecule has 1 aliphatic rings. The predicted octanol–water partition coefficient (Wildman–Crippen LogP) is 0.234. The SMILES string of the molecule is Cc1[nH]c(=O)sc1S(=O)(=O)N1CCC(C(=O)N(C)C)CC1.